The maximum Gasteiger partial charge on any atom is 0.249 e. The summed E-state index contributed by atoms with van der Waals surface area (Å²) >= 11 is 6.29. The minimum atomic E-state index is -0.613. The fraction of sp³-hybridized carbons (Fsp3) is 0.212. The number of aromatic nitrogens is 1. The minimum Gasteiger partial charge on any atom is -0.326 e. The number of benzene rings is 3. The molecule has 1 unspecified atom stereocenters. The fourth-order valence-electron chi connectivity index (χ4n) is 5.00. The molecule has 0 saturated heterocycles. The third-order valence-corrected chi connectivity index (χ3v) is 7.33. The van der Waals surface area contributed by atoms with Crippen LogP contribution in [0.4, 0.5) is 11.4 Å². The van der Waals surface area contributed by atoms with Crippen LogP contribution in [0.3, 0.4) is 0 Å². The molecule has 1 aromatic heterocycles. The van der Waals surface area contributed by atoms with Crippen LogP contribution in [0.25, 0.3) is 0 Å². The molecule has 0 spiro atoms. The molecule has 0 saturated carbocycles. The summed E-state index contributed by atoms with van der Waals surface area (Å²) in [5.74, 6) is -0.280. The van der Waals surface area contributed by atoms with Gasteiger partial charge in [-0.15, -0.1) is 0 Å². The molecule has 5 rings (SSSR count). The Labute approximate surface area is 239 Å². The van der Waals surface area contributed by atoms with Gasteiger partial charge < -0.3 is 10.6 Å². The number of nitrogens with zero attached hydrogens (tertiary/aromatic N) is 2. The number of hydrogen-bond acceptors (Lipinski definition) is 4. The van der Waals surface area contributed by atoms with Crippen molar-refractivity contribution in [2.45, 2.75) is 45.6 Å². The number of aryl methyl sites for hydroxylation is 2. The number of rotatable bonds is 8. The zero-order valence-corrected chi connectivity index (χ0v) is 23.3. The molecule has 40 heavy (non-hydrogen) atoms. The van der Waals surface area contributed by atoms with E-state index >= 15 is 0 Å². The van der Waals surface area contributed by atoms with Crippen molar-refractivity contribution in [1.82, 2.24) is 4.98 Å². The van der Waals surface area contributed by atoms with E-state index in [2.05, 4.69) is 47.7 Å². The van der Waals surface area contributed by atoms with E-state index in [1.807, 2.05) is 42.5 Å². The van der Waals surface area contributed by atoms with Gasteiger partial charge in [-0.3, -0.25) is 19.6 Å². The first kappa shape index (κ1) is 27.3. The summed E-state index contributed by atoms with van der Waals surface area (Å²) in [6, 6.07) is 22.4. The van der Waals surface area contributed by atoms with E-state index in [0.29, 0.717) is 28.5 Å². The lowest BCUT2D eigenvalue weighted by molar-refractivity contribution is -0.117. The van der Waals surface area contributed by atoms with Crippen molar-refractivity contribution >= 4 is 40.5 Å². The topological polar surface area (TPSA) is 83.4 Å². The first-order chi connectivity index (χ1) is 19.4. The Morgan fingerprint density at radius 3 is 2.38 bits per heavy atom. The van der Waals surface area contributed by atoms with Crippen molar-refractivity contribution in [1.29, 1.82) is 0 Å². The van der Waals surface area contributed by atoms with Gasteiger partial charge in [0.2, 0.25) is 11.8 Å². The number of halogens is 1. The Hall–Kier alpha value is -4.29. The number of pyridine rings is 1. The predicted octanol–water partition coefficient (Wildman–Crippen LogP) is 6.44. The number of nitrogens with one attached hydrogen (secondary N) is 2. The van der Waals surface area contributed by atoms with Gasteiger partial charge >= 0.3 is 0 Å². The maximum atomic E-state index is 13.4. The van der Waals surface area contributed by atoms with Crippen molar-refractivity contribution in [2.24, 2.45) is 4.99 Å². The van der Waals surface area contributed by atoms with Crippen LogP contribution in [0.5, 0.6) is 0 Å². The van der Waals surface area contributed by atoms with Gasteiger partial charge in [0.25, 0.3) is 0 Å². The zero-order chi connectivity index (χ0) is 28.1. The number of aliphatic imine (C=N–C) groups is 1. The lowest BCUT2D eigenvalue weighted by Crippen LogP contribution is -2.27. The highest BCUT2D eigenvalue weighted by atomic mass is 35.5. The predicted molar refractivity (Wildman–Crippen MR) is 161 cm³/mol. The highest BCUT2D eigenvalue weighted by molar-refractivity contribution is 6.31. The van der Waals surface area contributed by atoms with Crippen LogP contribution in [0, 0.1) is 0 Å². The van der Waals surface area contributed by atoms with E-state index in [0.717, 1.165) is 35.1 Å². The van der Waals surface area contributed by atoms with Crippen molar-refractivity contribution in [3.05, 3.63) is 124 Å². The number of fused-ring (bicyclic) bond motifs is 1. The third-order valence-electron chi connectivity index (χ3n) is 7.10. The second kappa shape index (κ2) is 12.3. The normalized spacial score (nSPS) is 14.5. The average molecular weight is 551 g/mol. The Morgan fingerprint density at radius 1 is 0.900 bits per heavy atom. The minimum absolute atomic E-state index is 0.110. The number of anilines is 2. The van der Waals surface area contributed by atoms with Crippen molar-refractivity contribution in [2.75, 3.05) is 10.6 Å². The zero-order valence-electron chi connectivity index (χ0n) is 22.6. The van der Waals surface area contributed by atoms with Crippen LogP contribution in [0.15, 0.2) is 90.2 Å². The summed E-state index contributed by atoms with van der Waals surface area (Å²) in [5, 5.41) is 6.52. The van der Waals surface area contributed by atoms with Gasteiger partial charge in [0.1, 0.15) is 6.04 Å². The smallest absolute Gasteiger partial charge is 0.249 e. The number of benzodiazepines with no additional fused rings is 1. The molecule has 3 aromatic carbocycles. The van der Waals surface area contributed by atoms with Crippen LogP contribution in [-0.4, -0.2) is 28.6 Å². The Balaban J connectivity index is 1.44. The lowest BCUT2D eigenvalue weighted by atomic mass is 9.96. The summed E-state index contributed by atoms with van der Waals surface area (Å²) in [6.07, 6.45) is 6.01. The number of hydrogen-bond donors (Lipinski definition) is 2. The second-order valence-corrected chi connectivity index (χ2v) is 10.3. The van der Waals surface area contributed by atoms with Crippen LogP contribution >= 0.6 is 11.6 Å². The average Bonchev–Trinajstić information content (AvgIpc) is 3.09. The summed E-state index contributed by atoms with van der Waals surface area (Å²) in [4.78, 5) is 34.9. The van der Waals surface area contributed by atoms with Crippen LogP contribution in [-0.2, 0) is 35.3 Å². The molecule has 2 N–H and O–H groups in total. The maximum absolute atomic E-state index is 13.4. The monoisotopic (exact) mass is 550 g/mol. The standard InChI is InChI=1S/C33H31ClN4O2/c1-3-23-6-5-22(17-24(23)4-2)18-30-33(40)38-29-20-26(34)9-12-28(29)32(37-30)25-7-10-27(11-8-25)36-31(39)19-21-13-15-35-16-14-21/h5-17,20,30H,3-4,18-19H2,1-2H3,(H,36,39)(H,38,40). The number of carbonyl (C=O) groups is 2. The third kappa shape index (κ3) is 6.29. The Morgan fingerprint density at radius 2 is 1.65 bits per heavy atom. The van der Waals surface area contributed by atoms with Gasteiger partial charge in [0, 0.05) is 40.7 Å². The molecular weight excluding hydrogens is 520 g/mol. The Bertz CT molecular complexity index is 1570. The molecular formula is C33H31ClN4O2. The lowest BCUT2D eigenvalue weighted by Gasteiger charge is -2.14. The molecule has 0 radical (unpaired) electrons. The van der Waals surface area contributed by atoms with Crippen molar-refractivity contribution < 1.29 is 9.59 Å². The molecule has 0 fully saturated rings. The molecule has 202 valence electrons. The van der Waals surface area contributed by atoms with E-state index in [9.17, 15) is 9.59 Å². The van der Waals surface area contributed by atoms with Gasteiger partial charge in [-0.05, 0) is 77.6 Å². The fourth-order valence-corrected chi connectivity index (χ4v) is 5.17. The molecule has 0 bridgehead atoms. The van der Waals surface area contributed by atoms with E-state index in [-0.39, 0.29) is 18.2 Å². The highest BCUT2D eigenvalue weighted by Crippen LogP contribution is 2.29. The first-order valence-electron chi connectivity index (χ1n) is 13.5. The van der Waals surface area contributed by atoms with E-state index < -0.39 is 6.04 Å². The molecule has 0 aliphatic carbocycles. The summed E-state index contributed by atoms with van der Waals surface area (Å²) in [6.45, 7) is 4.31. The van der Waals surface area contributed by atoms with E-state index in [1.54, 1.807) is 24.5 Å². The van der Waals surface area contributed by atoms with Crippen LogP contribution in [0.2, 0.25) is 5.02 Å². The molecule has 6 nitrogen and oxygen atoms in total. The van der Waals surface area contributed by atoms with E-state index in [1.165, 1.54) is 11.1 Å². The molecule has 2 heterocycles. The van der Waals surface area contributed by atoms with Crippen molar-refractivity contribution in [3.8, 4) is 0 Å². The second-order valence-electron chi connectivity index (χ2n) is 9.84. The largest absolute Gasteiger partial charge is 0.326 e. The van der Waals surface area contributed by atoms with Gasteiger partial charge in [-0.25, -0.2) is 0 Å². The van der Waals surface area contributed by atoms with Gasteiger partial charge in [-0.1, -0.05) is 55.8 Å². The number of amides is 2. The molecule has 1 aliphatic heterocycles. The number of carbonyl (C=O) groups excluding carboxylic acids is 2. The summed E-state index contributed by atoms with van der Waals surface area (Å²) in [5.41, 5.74) is 8.25. The molecule has 1 atom stereocenters. The molecule has 1 aliphatic rings. The van der Waals surface area contributed by atoms with Crippen LogP contribution < -0.4 is 10.6 Å². The van der Waals surface area contributed by atoms with Crippen LogP contribution in [0.1, 0.15) is 47.2 Å². The highest BCUT2D eigenvalue weighted by Gasteiger charge is 2.26. The molecule has 2 amide bonds. The van der Waals surface area contributed by atoms with Crippen molar-refractivity contribution in [3.63, 3.8) is 0 Å². The molecule has 7 heteroatoms. The van der Waals surface area contributed by atoms with E-state index in [4.69, 9.17) is 16.6 Å². The molecule has 4 aromatic rings. The Kier molecular flexibility index (Phi) is 8.37. The van der Waals surface area contributed by atoms with Gasteiger partial charge in [0.05, 0.1) is 17.8 Å². The van der Waals surface area contributed by atoms with Gasteiger partial charge in [-0.2, -0.15) is 0 Å². The SMILES string of the molecule is CCc1ccc(CC2N=C(c3ccc(NC(=O)Cc4ccncc4)cc3)c3ccc(Cl)cc3NC2=O)cc1CC. The quantitative estimate of drug-likeness (QED) is 0.265. The summed E-state index contributed by atoms with van der Waals surface area (Å²) in [7, 11) is 0. The first-order valence-corrected chi connectivity index (χ1v) is 13.9. The summed E-state index contributed by atoms with van der Waals surface area (Å²) < 4.78 is 0. The van der Waals surface area contributed by atoms with Gasteiger partial charge in [0.15, 0.2) is 0 Å².